The summed E-state index contributed by atoms with van der Waals surface area (Å²) >= 11 is 1.46. The molecule has 0 bridgehead atoms. The van der Waals surface area contributed by atoms with Gasteiger partial charge in [0.2, 0.25) is 19.2 Å². The summed E-state index contributed by atoms with van der Waals surface area (Å²) < 4.78 is 31.0. The van der Waals surface area contributed by atoms with E-state index in [9.17, 15) is 23.8 Å². The van der Waals surface area contributed by atoms with Gasteiger partial charge in [-0.05, 0) is 63.5 Å². The van der Waals surface area contributed by atoms with E-state index in [0.717, 1.165) is 30.8 Å². The summed E-state index contributed by atoms with van der Waals surface area (Å²) in [7, 11) is -2.25. The van der Waals surface area contributed by atoms with Crippen LogP contribution in [0.3, 0.4) is 0 Å². The van der Waals surface area contributed by atoms with Gasteiger partial charge in [-0.1, -0.05) is 26.8 Å². The molecule has 16 heteroatoms. The van der Waals surface area contributed by atoms with Gasteiger partial charge in [0.1, 0.15) is 46.8 Å². The number of alkyl carbamates (subject to hydrolysis) is 1. The molecule has 55 heavy (non-hydrogen) atoms. The van der Waals surface area contributed by atoms with Crippen LogP contribution in [0.25, 0.3) is 22.3 Å². The Labute approximate surface area is 326 Å². The minimum atomic E-state index is -3.83. The van der Waals surface area contributed by atoms with Crippen molar-refractivity contribution in [2.75, 3.05) is 25.6 Å². The number of carbonyl (C=O) groups is 3. The predicted molar refractivity (Wildman–Crippen MR) is 213 cm³/mol. The number of thiazole rings is 1. The molecule has 1 saturated heterocycles. The summed E-state index contributed by atoms with van der Waals surface area (Å²) in [5, 5.41) is 11.0. The number of methoxy groups -OCH3 is 1. The van der Waals surface area contributed by atoms with Crippen LogP contribution >= 0.6 is 18.7 Å². The van der Waals surface area contributed by atoms with Gasteiger partial charge >= 0.3 is 6.09 Å². The molecule has 3 aliphatic rings. The standard InChI is InChI=1S/C39H53N6O8PS/c1-9-23-19-39(23,54(8,49)50)44-34(46)31-17-26(20-45(31)35(47)33(38(4,5)6)43-37(48)53-24-12-10-11-13-24)52-32-18-29(30-21-55-36(42-30)40-22(2)3)41-28-16-25(51-7)14-15-27(28)32/h9,14-16,18,21-24,26,31,33H,1,10-13,17,19-20H2,2-8H3,(H,40,42)(H,43,48)(H,44,46)(H,49,50)/t23-,26-,31+,33?,39+/m1/s1. The number of nitrogens with zero attached hydrogens (tertiary/aromatic N) is 3. The van der Waals surface area contributed by atoms with Crippen molar-refractivity contribution in [3.05, 3.63) is 42.3 Å². The molecule has 6 rings (SSSR count). The molecule has 2 aromatic heterocycles. The van der Waals surface area contributed by atoms with Crippen molar-refractivity contribution < 1.29 is 38.1 Å². The van der Waals surface area contributed by atoms with Gasteiger partial charge in [0, 0.05) is 47.9 Å². The molecule has 3 aromatic rings. The molecule has 14 nitrogen and oxygen atoms in total. The maximum Gasteiger partial charge on any atom is 0.408 e. The number of likely N-dealkylation sites (tertiary alicyclic amines) is 1. The Kier molecular flexibility index (Phi) is 11.6. The summed E-state index contributed by atoms with van der Waals surface area (Å²) in [6.45, 7) is 14.6. The molecule has 3 heterocycles. The van der Waals surface area contributed by atoms with Crippen molar-refractivity contribution >= 4 is 52.6 Å². The van der Waals surface area contributed by atoms with E-state index in [-0.39, 0.29) is 31.5 Å². The van der Waals surface area contributed by atoms with Crippen LogP contribution in [-0.4, -0.2) is 93.6 Å². The number of hydrogen-bond acceptors (Lipinski definition) is 11. The van der Waals surface area contributed by atoms with Crippen molar-refractivity contribution in [2.24, 2.45) is 11.3 Å². The van der Waals surface area contributed by atoms with Crippen molar-refractivity contribution in [3.63, 3.8) is 0 Å². The summed E-state index contributed by atoms with van der Waals surface area (Å²) in [6, 6.07) is 5.30. The summed E-state index contributed by atoms with van der Waals surface area (Å²) in [6.07, 6.45) is 3.79. The van der Waals surface area contributed by atoms with Gasteiger partial charge in [-0.25, -0.2) is 14.8 Å². The number of rotatable bonds is 13. The zero-order chi connectivity index (χ0) is 39.9. The van der Waals surface area contributed by atoms with Gasteiger partial charge in [0.15, 0.2) is 5.13 Å². The Bertz CT molecular complexity index is 1990. The van der Waals surface area contributed by atoms with E-state index in [1.165, 1.54) is 22.9 Å². The largest absolute Gasteiger partial charge is 0.497 e. The third kappa shape index (κ3) is 8.79. The van der Waals surface area contributed by atoms with E-state index in [2.05, 4.69) is 22.5 Å². The number of benzene rings is 1. The van der Waals surface area contributed by atoms with Crippen molar-refractivity contribution in [2.45, 2.75) is 109 Å². The van der Waals surface area contributed by atoms with Gasteiger partial charge in [-0.3, -0.25) is 14.2 Å². The summed E-state index contributed by atoms with van der Waals surface area (Å²) in [5.41, 5.74) is 1.04. The van der Waals surface area contributed by atoms with Gasteiger partial charge in [-0.15, -0.1) is 17.9 Å². The number of hydrogen-bond donors (Lipinski definition) is 4. The second kappa shape index (κ2) is 15.7. The molecule has 0 spiro atoms. The number of pyridine rings is 1. The first-order chi connectivity index (χ1) is 25.9. The van der Waals surface area contributed by atoms with E-state index in [1.54, 1.807) is 31.4 Å². The lowest BCUT2D eigenvalue weighted by atomic mass is 9.85. The Hall–Kier alpha value is -4.20. The average Bonchev–Trinajstić information content (AvgIpc) is 3.50. The first kappa shape index (κ1) is 40.5. The van der Waals surface area contributed by atoms with Crippen molar-refractivity contribution in [1.82, 2.24) is 25.5 Å². The first-order valence-electron chi connectivity index (χ1n) is 18.8. The fourth-order valence-corrected chi connectivity index (χ4v) is 9.92. The number of amides is 3. The minimum absolute atomic E-state index is 0.00187. The fraction of sp³-hybridized carbons (Fsp3) is 0.564. The second-order valence-electron chi connectivity index (χ2n) is 16.3. The summed E-state index contributed by atoms with van der Waals surface area (Å²) in [5.74, 6) is -0.400. The van der Waals surface area contributed by atoms with Crippen LogP contribution in [0.15, 0.2) is 42.3 Å². The number of carbonyl (C=O) groups excluding carboxylic acids is 3. The van der Waals surface area contributed by atoms with Crippen molar-refractivity contribution in [3.8, 4) is 22.9 Å². The van der Waals surface area contributed by atoms with Crippen LogP contribution in [0.4, 0.5) is 9.93 Å². The van der Waals surface area contributed by atoms with E-state index < -0.39 is 60.1 Å². The topological polar surface area (TPSA) is 181 Å². The highest BCUT2D eigenvalue weighted by molar-refractivity contribution is 7.59. The van der Waals surface area contributed by atoms with Crippen LogP contribution in [0.5, 0.6) is 11.5 Å². The van der Waals surface area contributed by atoms with Crippen LogP contribution in [0, 0.1) is 11.3 Å². The van der Waals surface area contributed by atoms with E-state index in [1.807, 2.05) is 46.1 Å². The molecule has 1 aliphatic heterocycles. The minimum Gasteiger partial charge on any atom is -0.497 e. The molecule has 3 fully saturated rings. The Morgan fingerprint density at radius 1 is 1.13 bits per heavy atom. The van der Waals surface area contributed by atoms with Crippen LogP contribution < -0.4 is 25.4 Å². The highest BCUT2D eigenvalue weighted by Crippen LogP contribution is 2.67. The number of nitrogens with one attached hydrogen (secondary N) is 3. The second-order valence-corrected chi connectivity index (χ2v) is 19.7. The lowest BCUT2D eigenvalue weighted by Crippen LogP contribution is -2.58. The maximum absolute atomic E-state index is 14.6. The van der Waals surface area contributed by atoms with Crippen molar-refractivity contribution in [1.29, 1.82) is 0 Å². The van der Waals surface area contributed by atoms with Crippen LogP contribution in [-0.2, 0) is 18.9 Å². The maximum atomic E-state index is 14.6. The highest BCUT2D eigenvalue weighted by atomic mass is 32.1. The molecule has 298 valence electrons. The van der Waals surface area contributed by atoms with Gasteiger partial charge in [0.05, 0.1) is 24.9 Å². The molecule has 3 amide bonds. The fourth-order valence-electron chi connectivity index (χ4n) is 7.49. The van der Waals surface area contributed by atoms with Gasteiger partial charge in [0.25, 0.3) is 0 Å². The predicted octanol–water partition coefficient (Wildman–Crippen LogP) is 6.54. The normalized spacial score (nSPS) is 24.2. The van der Waals surface area contributed by atoms with E-state index in [4.69, 9.17) is 24.2 Å². The Balaban J connectivity index is 1.33. The Morgan fingerprint density at radius 3 is 2.47 bits per heavy atom. The van der Waals surface area contributed by atoms with E-state index >= 15 is 0 Å². The quantitative estimate of drug-likeness (QED) is 0.109. The SMILES string of the molecule is C=C[C@@H]1C[C@]1(NC(=O)[C@@H]1C[C@@H](Oc2cc(-c3csc(NC(C)C)n3)nc3cc(OC)ccc23)CN1C(=O)C(NC(=O)OC1CCCC1)C(C)(C)C)P(C)(=O)O. The molecular formula is C39H53N6O8PS. The molecule has 6 atom stereocenters. The van der Waals surface area contributed by atoms with Gasteiger partial charge in [-0.2, -0.15) is 0 Å². The van der Waals surface area contributed by atoms with Crippen LogP contribution in [0.1, 0.15) is 73.1 Å². The lowest BCUT2D eigenvalue weighted by molar-refractivity contribution is -0.142. The number of anilines is 1. The number of fused-ring (bicyclic) bond motifs is 1. The molecular weight excluding hydrogens is 744 g/mol. The molecule has 1 aromatic carbocycles. The summed E-state index contributed by atoms with van der Waals surface area (Å²) in [4.78, 5) is 63.8. The van der Waals surface area contributed by atoms with Gasteiger partial charge < -0.3 is 40.0 Å². The Morgan fingerprint density at radius 2 is 1.85 bits per heavy atom. The third-order valence-electron chi connectivity index (χ3n) is 10.6. The molecule has 2 unspecified atom stereocenters. The molecule has 4 N–H and O–H groups in total. The molecule has 2 aliphatic carbocycles. The molecule has 2 saturated carbocycles. The number of aromatic nitrogens is 2. The average molecular weight is 797 g/mol. The van der Waals surface area contributed by atoms with Crippen LogP contribution in [0.2, 0.25) is 0 Å². The smallest absolute Gasteiger partial charge is 0.408 e. The molecule has 0 radical (unpaired) electrons. The first-order valence-corrected chi connectivity index (χ1v) is 21.8. The number of ether oxygens (including phenoxy) is 3. The van der Waals surface area contributed by atoms with E-state index in [0.29, 0.717) is 33.8 Å². The monoisotopic (exact) mass is 796 g/mol. The lowest BCUT2D eigenvalue weighted by Gasteiger charge is -2.35. The third-order valence-corrected chi connectivity index (χ3v) is 13.5. The highest BCUT2D eigenvalue weighted by Gasteiger charge is 2.64. The zero-order valence-corrected chi connectivity index (χ0v) is 34.3. The zero-order valence-electron chi connectivity index (χ0n) is 32.6.